The van der Waals surface area contributed by atoms with Crippen molar-refractivity contribution in [2.45, 2.75) is 6.92 Å². The van der Waals surface area contributed by atoms with Crippen LogP contribution in [0.15, 0.2) is 18.2 Å². The van der Waals surface area contributed by atoms with Gasteiger partial charge in [0.25, 0.3) is 0 Å². The molecule has 0 aromatic heterocycles. The van der Waals surface area contributed by atoms with E-state index in [1.165, 1.54) is 0 Å². The summed E-state index contributed by atoms with van der Waals surface area (Å²) in [5.41, 5.74) is 1.27. The quantitative estimate of drug-likeness (QED) is 0.749. The molecule has 0 spiro atoms. The number of hydrogen-bond donors (Lipinski definition) is 1. The Balaban J connectivity index is 2.34. The molecule has 4 nitrogen and oxygen atoms in total. The van der Waals surface area contributed by atoms with E-state index in [0.29, 0.717) is 31.1 Å². The van der Waals surface area contributed by atoms with Gasteiger partial charge in [-0.3, -0.25) is 0 Å². The molecule has 4 heteroatoms. The monoisotopic (exact) mass is 207 g/mol. The number of nitrogens with one attached hydrogen (secondary N) is 1. The topological polar surface area (TPSA) is 47.6 Å². The van der Waals surface area contributed by atoms with Gasteiger partial charge < -0.3 is 14.8 Å². The van der Waals surface area contributed by atoms with Crippen molar-refractivity contribution in [1.82, 2.24) is 0 Å². The number of anilines is 1. The van der Waals surface area contributed by atoms with Gasteiger partial charge in [-0.05, 0) is 19.1 Å². The lowest BCUT2D eigenvalue weighted by Gasteiger charge is -2.20. The second kappa shape index (κ2) is 4.21. The number of ether oxygens (including phenoxy) is 2. The number of hydrogen-bond acceptors (Lipinski definition) is 4. The van der Waals surface area contributed by atoms with Crippen LogP contribution < -0.4 is 10.1 Å². The first kappa shape index (κ1) is 9.83. The van der Waals surface area contributed by atoms with E-state index in [4.69, 9.17) is 9.47 Å². The van der Waals surface area contributed by atoms with Crippen molar-refractivity contribution in [2.24, 2.45) is 0 Å². The summed E-state index contributed by atoms with van der Waals surface area (Å²) in [4.78, 5) is 11.6. The largest absolute Gasteiger partial charge is 0.490 e. The molecule has 0 saturated heterocycles. The third-order valence-corrected chi connectivity index (χ3v) is 2.18. The Morgan fingerprint density at radius 2 is 2.47 bits per heavy atom. The molecule has 0 amide bonds. The minimum Gasteiger partial charge on any atom is -0.490 e. The number of carbonyl (C=O) groups is 1. The highest BCUT2D eigenvalue weighted by molar-refractivity contribution is 5.97. The van der Waals surface area contributed by atoms with Crippen molar-refractivity contribution < 1.29 is 14.3 Å². The fraction of sp³-hybridized carbons (Fsp3) is 0.364. The molecular formula is C11H13NO3. The summed E-state index contributed by atoms with van der Waals surface area (Å²) in [6.45, 7) is 3.50. The van der Waals surface area contributed by atoms with Gasteiger partial charge in [0, 0.05) is 6.54 Å². The van der Waals surface area contributed by atoms with Crippen molar-refractivity contribution in [1.29, 1.82) is 0 Å². The highest BCUT2D eigenvalue weighted by Crippen LogP contribution is 2.31. The van der Waals surface area contributed by atoms with Crippen molar-refractivity contribution >= 4 is 11.7 Å². The summed E-state index contributed by atoms with van der Waals surface area (Å²) < 4.78 is 10.4. The van der Waals surface area contributed by atoms with E-state index in [-0.39, 0.29) is 5.97 Å². The fourth-order valence-electron chi connectivity index (χ4n) is 1.55. The number of carbonyl (C=O) groups excluding carboxylic acids is 1. The van der Waals surface area contributed by atoms with E-state index in [0.717, 1.165) is 5.69 Å². The van der Waals surface area contributed by atoms with Gasteiger partial charge in [0.05, 0.1) is 17.9 Å². The zero-order valence-electron chi connectivity index (χ0n) is 8.58. The molecule has 80 valence electrons. The summed E-state index contributed by atoms with van der Waals surface area (Å²) in [7, 11) is 0. The molecule has 0 unspecified atom stereocenters. The molecule has 1 aliphatic rings. The first-order chi connectivity index (χ1) is 7.33. The summed E-state index contributed by atoms with van der Waals surface area (Å²) in [6, 6.07) is 5.36. The molecule has 15 heavy (non-hydrogen) atoms. The summed E-state index contributed by atoms with van der Waals surface area (Å²) in [5.74, 6) is 0.402. The molecule has 2 rings (SSSR count). The second-order valence-electron chi connectivity index (χ2n) is 3.17. The summed E-state index contributed by atoms with van der Waals surface area (Å²) in [5, 5.41) is 3.14. The highest BCUT2D eigenvalue weighted by Gasteiger charge is 2.18. The molecule has 0 fully saturated rings. The van der Waals surface area contributed by atoms with Crippen LogP contribution in [-0.4, -0.2) is 25.7 Å². The van der Waals surface area contributed by atoms with Crippen LogP contribution in [0.25, 0.3) is 0 Å². The van der Waals surface area contributed by atoms with Gasteiger partial charge >= 0.3 is 5.97 Å². The molecule has 1 aliphatic heterocycles. The van der Waals surface area contributed by atoms with Crippen LogP contribution in [0, 0.1) is 0 Å². The van der Waals surface area contributed by atoms with Crippen molar-refractivity contribution in [3.05, 3.63) is 23.8 Å². The van der Waals surface area contributed by atoms with E-state index in [9.17, 15) is 4.79 Å². The number of rotatable bonds is 2. The average molecular weight is 207 g/mol. The van der Waals surface area contributed by atoms with Crippen LogP contribution in [0.2, 0.25) is 0 Å². The van der Waals surface area contributed by atoms with Gasteiger partial charge in [0.15, 0.2) is 0 Å². The zero-order chi connectivity index (χ0) is 10.7. The Hall–Kier alpha value is -1.71. The summed E-state index contributed by atoms with van der Waals surface area (Å²) in [6.07, 6.45) is 0. The zero-order valence-corrected chi connectivity index (χ0v) is 8.58. The second-order valence-corrected chi connectivity index (χ2v) is 3.17. The predicted molar refractivity (Wildman–Crippen MR) is 56.4 cm³/mol. The molecule has 0 bridgehead atoms. The standard InChI is InChI=1S/C11H13NO3/c1-2-14-11(13)8-4-3-5-9-10(8)12-6-7-15-9/h3-5,12H,2,6-7H2,1H3. The van der Waals surface area contributed by atoms with Crippen LogP contribution in [0.1, 0.15) is 17.3 Å². The van der Waals surface area contributed by atoms with Crippen molar-refractivity contribution in [3.8, 4) is 5.75 Å². The van der Waals surface area contributed by atoms with E-state index in [1.54, 1.807) is 19.1 Å². The minimum atomic E-state index is -0.313. The molecule has 1 aromatic carbocycles. The number of fused-ring (bicyclic) bond motifs is 1. The van der Waals surface area contributed by atoms with Gasteiger partial charge in [0.1, 0.15) is 12.4 Å². The van der Waals surface area contributed by atoms with E-state index >= 15 is 0 Å². The molecule has 0 aliphatic carbocycles. The van der Waals surface area contributed by atoms with Crippen LogP contribution in [0.4, 0.5) is 5.69 Å². The lowest BCUT2D eigenvalue weighted by Crippen LogP contribution is -2.20. The molecule has 1 heterocycles. The van der Waals surface area contributed by atoms with Crippen LogP contribution in [0.5, 0.6) is 5.75 Å². The Labute approximate surface area is 88.2 Å². The maximum Gasteiger partial charge on any atom is 0.340 e. The number of esters is 1. The van der Waals surface area contributed by atoms with Crippen LogP contribution in [0.3, 0.4) is 0 Å². The summed E-state index contributed by atoms with van der Waals surface area (Å²) >= 11 is 0. The third-order valence-electron chi connectivity index (χ3n) is 2.18. The van der Waals surface area contributed by atoms with E-state index in [2.05, 4.69) is 5.32 Å². The van der Waals surface area contributed by atoms with E-state index in [1.807, 2.05) is 6.07 Å². The Morgan fingerprint density at radius 3 is 3.27 bits per heavy atom. The maximum atomic E-state index is 11.6. The third kappa shape index (κ3) is 1.88. The Bertz CT molecular complexity index is 376. The van der Waals surface area contributed by atoms with Crippen molar-refractivity contribution in [3.63, 3.8) is 0 Å². The molecule has 1 aromatic rings. The molecule has 0 saturated carbocycles. The SMILES string of the molecule is CCOC(=O)c1cccc2c1NCCO2. The predicted octanol–water partition coefficient (Wildman–Crippen LogP) is 1.67. The van der Waals surface area contributed by atoms with Crippen molar-refractivity contribution in [2.75, 3.05) is 25.1 Å². The first-order valence-corrected chi connectivity index (χ1v) is 4.99. The lowest BCUT2D eigenvalue weighted by molar-refractivity contribution is 0.0527. The Morgan fingerprint density at radius 1 is 1.60 bits per heavy atom. The fourth-order valence-corrected chi connectivity index (χ4v) is 1.55. The van der Waals surface area contributed by atoms with Gasteiger partial charge in [0.2, 0.25) is 0 Å². The van der Waals surface area contributed by atoms with E-state index < -0.39 is 0 Å². The van der Waals surface area contributed by atoms with Crippen LogP contribution >= 0.6 is 0 Å². The maximum absolute atomic E-state index is 11.6. The molecule has 0 atom stereocenters. The Kier molecular flexibility index (Phi) is 2.76. The first-order valence-electron chi connectivity index (χ1n) is 4.99. The minimum absolute atomic E-state index is 0.313. The molecular weight excluding hydrogens is 194 g/mol. The number of para-hydroxylation sites is 1. The van der Waals surface area contributed by atoms with Gasteiger partial charge in [-0.2, -0.15) is 0 Å². The smallest absolute Gasteiger partial charge is 0.340 e. The number of benzene rings is 1. The lowest BCUT2D eigenvalue weighted by atomic mass is 10.1. The van der Waals surface area contributed by atoms with Gasteiger partial charge in [-0.1, -0.05) is 6.07 Å². The van der Waals surface area contributed by atoms with Crippen LogP contribution in [-0.2, 0) is 4.74 Å². The highest BCUT2D eigenvalue weighted by atomic mass is 16.5. The molecule has 1 N–H and O–H groups in total. The average Bonchev–Trinajstić information content (AvgIpc) is 2.28. The van der Waals surface area contributed by atoms with Gasteiger partial charge in [-0.25, -0.2) is 4.79 Å². The normalized spacial score (nSPS) is 13.4. The molecule has 0 radical (unpaired) electrons. The van der Waals surface area contributed by atoms with Gasteiger partial charge in [-0.15, -0.1) is 0 Å².